The molecule has 1 unspecified atom stereocenters. The van der Waals surface area contributed by atoms with Gasteiger partial charge in [-0.05, 0) is 19.3 Å². The van der Waals surface area contributed by atoms with Gasteiger partial charge in [0.05, 0.1) is 11.6 Å². The Morgan fingerprint density at radius 3 is 2.84 bits per heavy atom. The van der Waals surface area contributed by atoms with Gasteiger partial charge in [-0.1, -0.05) is 0 Å². The molecule has 2 fully saturated rings. The fourth-order valence-electron chi connectivity index (χ4n) is 2.23. The maximum atomic E-state index is 12.0. The van der Waals surface area contributed by atoms with Crippen molar-refractivity contribution < 1.29 is 14.7 Å². The summed E-state index contributed by atoms with van der Waals surface area (Å²) in [7, 11) is 0. The normalized spacial score (nSPS) is 22.5. The summed E-state index contributed by atoms with van der Waals surface area (Å²) in [6.07, 6.45) is 2.89. The summed E-state index contributed by atoms with van der Waals surface area (Å²) in [6.45, 7) is 0.770. The van der Waals surface area contributed by atoms with Gasteiger partial charge in [-0.3, -0.25) is 10.1 Å². The molecule has 102 valence electrons. The summed E-state index contributed by atoms with van der Waals surface area (Å²) >= 11 is 1.43. The molecule has 1 saturated heterocycles. The number of anilines is 1. The molecule has 1 aromatic heterocycles. The predicted octanol–water partition coefficient (Wildman–Crippen LogP) is 1.96. The van der Waals surface area contributed by atoms with Crippen LogP contribution in [0.15, 0.2) is 5.38 Å². The van der Waals surface area contributed by atoms with Crippen LogP contribution in [0.3, 0.4) is 0 Å². The number of carbonyl (C=O) groups excluding carboxylic acids is 1. The quantitative estimate of drug-likeness (QED) is 0.887. The second-order valence-corrected chi connectivity index (χ2v) is 5.91. The number of nitrogens with one attached hydrogen (secondary N) is 1. The Bertz CT molecular complexity index is 512. The van der Waals surface area contributed by atoms with Crippen LogP contribution < -0.4 is 5.32 Å². The summed E-state index contributed by atoms with van der Waals surface area (Å²) in [5.41, 5.74) is 1.06. The zero-order valence-electron chi connectivity index (χ0n) is 10.3. The minimum atomic E-state index is -0.833. The van der Waals surface area contributed by atoms with E-state index in [1.54, 1.807) is 0 Å². The second-order valence-electron chi connectivity index (χ2n) is 5.05. The van der Waals surface area contributed by atoms with E-state index in [2.05, 4.69) is 10.3 Å². The van der Waals surface area contributed by atoms with Crippen LogP contribution in [0.4, 0.5) is 9.93 Å². The van der Waals surface area contributed by atoms with Crippen LogP contribution in [0.1, 0.15) is 30.9 Å². The Balaban J connectivity index is 1.57. The van der Waals surface area contributed by atoms with Crippen molar-refractivity contribution in [3.63, 3.8) is 0 Å². The first-order valence-corrected chi connectivity index (χ1v) is 7.25. The van der Waals surface area contributed by atoms with E-state index in [0.717, 1.165) is 5.69 Å². The number of carboxylic acids is 1. The molecule has 1 atom stereocenters. The van der Waals surface area contributed by atoms with Gasteiger partial charge in [-0.25, -0.2) is 9.78 Å². The van der Waals surface area contributed by atoms with E-state index in [-0.39, 0.29) is 12.6 Å². The van der Waals surface area contributed by atoms with Crippen molar-refractivity contribution in [3.8, 4) is 0 Å². The van der Waals surface area contributed by atoms with E-state index in [1.165, 1.54) is 29.1 Å². The highest BCUT2D eigenvalue weighted by atomic mass is 32.1. The smallest absolute Gasteiger partial charge is 0.323 e. The molecule has 0 bridgehead atoms. The number of urea groups is 1. The van der Waals surface area contributed by atoms with E-state index in [4.69, 9.17) is 5.11 Å². The van der Waals surface area contributed by atoms with E-state index in [0.29, 0.717) is 24.0 Å². The molecule has 2 N–H and O–H groups in total. The van der Waals surface area contributed by atoms with E-state index in [1.807, 2.05) is 5.38 Å². The zero-order valence-corrected chi connectivity index (χ0v) is 11.2. The molecule has 3 rings (SSSR count). The number of thiazole rings is 1. The first-order chi connectivity index (χ1) is 9.13. The number of likely N-dealkylation sites (tertiary alicyclic amines) is 1. The van der Waals surface area contributed by atoms with Crippen LogP contribution in [0, 0.1) is 5.92 Å². The van der Waals surface area contributed by atoms with Gasteiger partial charge in [0.2, 0.25) is 0 Å². The SMILES string of the molecule is O=C(O)C1CCN(C(=O)Nc2nc(C3CC3)cs2)C1. The number of amides is 2. The van der Waals surface area contributed by atoms with Gasteiger partial charge in [0, 0.05) is 24.4 Å². The number of aromatic nitrogens is 1. The first-order valence-electron chi connectivity index (χ1n) is 6.37. The Morgan fingerprint density at radius 2 is 2.21 bits per heavy atom. The molecule has 0 aromatic carbocycles. The van der Waals surface area contributed by atoms with Gasteiger partial charge in [0.25, 0.3) is 0 Å². The molecule has 2 amide bonds. The summed E-state index contributed by atoms with van der Waals surface area (Å²) in [5, 5.41) is 14.2. The van der Waals surface area contributed by atoms with Crippen LogP contribution in [-0.2, 0) is 4.79 Å². The highest BCUT2D eigenvalue weighted by Crippen LogP contribution is 2.40. The lowest BCUT2D eigenvalue weighted by molar-refractivity contribution is -0.141. The van der Waals surface area contributed by atoms with Crippen molar-refractivity contribution in [1.29, 1.82) is 0 Å². The topological polar surface area (TPSA) is 82.5 Å². The van der Waals surface area contributed by atoms with Gasteiger partial charge < -0.3 is 10.0 Å². The Hall–Kier alpha value is -1.63. The maximum absolute atomic E-state index is 12.0. The Morgan fingerprint density at radius 1 is 1.42 bits per heavy atom. The lowest BCUT2D eigenvalue weighted by Crippen LogP contribution is -2.33. The number of hydrogen-bond donors (Lipinski definition) is 2. The second kappa shape index (κ2) is 4.80. The van der Waals surface area contributed by atoms with Gasteiger partial charge in [-0.15, -0.1) is 11.3 Å². The largest absolute Gasteiger partial charge is 0.481 e. The molecule has 1 aliphatic carbocycles. The summed E-state index contributed by atoms with van der Waals surface area (Å²) in [4.78, 5) is 28.7. The monoisotopic (exact) mass is 281 g/mol. The first kappa shape index (κ1) is 12.4. The average Bonchev–Trinajstić information content (AvgIpc) is 2.92. The Kier molecular flexibility index (Phi) is 3.14. The zero-order chi connectivity index (χ0) is 13.4. The highest BCUT2D eigenvalue weighted by molar-refractivity contribution is 7.13. The molecule has 1 aromatic rings. The van der Waals surface area contributed by atoms with Crippen molar-refractivity contribution in [1.82, 2.24) is 9.88 Å². The third kappa shape index (κ3) is 2.70. The third-order valence-electron chi connectivity index (χ3n) is 3.56. The third-order valence-corrected chi connectivity index (χ3v) is 4.33. The van der Waals surface area contributed by atoms with E-state index < -0.39 is 11.9 Å². The molecule has 0 radical (unpaired) electrons. The molecule has 0 spiro atoms. The Labute approximate surface area is 114 Å². The van der Waals surface area contributed by atoms with Crippen LogP contribution in [0.25, 0.3) is 0 Å². The summed E-state index contributed by atoms with van der Waals surface area (Å²) in [5.74, 6) is -0.699. The molecule has 7 heteroatoms. The van der Waals surface area contributed by atoms with Gasteiger partial charge in [0.1, 0.15) is 0 Å². The minimum Gasteiger partial charge on any atom is -0.481 e. The van der Waals surface area contributed by atoms with Crippen LogP contribution in [0.2, 0.25) is 0 Å². The molecule has 2 heterocycles. The lowest BCUT2D eigenvalue weighted by Gasteiger charge is -2.15. The van der Waals surface area contributed by atoms with Crippen molar-refractivity contribution in [2.75, 3.05) is 18.4 Å². The summed E-state index contributed by atoms with van der Waals surface area (Å²) in [6, 6.07) is -0.250. The molecular formula is C12H15N3O3S. The number of carbonyl (C=O) groups is 2. The fourth-order valence-corrected chi connectivity index (χ4v) is 3.01. The molecule has 1 aliphatic heterocycles. The number of nitrogens with zero attached hydrogens (tertiary/aromatic N) is 2. The molecule has 6 nitrogen and oxygen atoms in total. The minimum absolute atomic E-state index is 0.250. The number of carboxylic acid groups (broad SMARTS) is 1. The van der Waals surface area contributed by atoms with E-state index >= 15 is 0 Å². The maximum Gasteiger partial charge on any atom is 0.323 e. The summed E-state index contributed by atoms with van der Waals surface area (Å²) < 4.78 is 0. The van der Waals surface area contributed by atoms with Crippen molar-refractivity contribution in [2.45, 2.75) is 25.2 Å². The average molecular weight is 281 g/mol. The molecule has 19 heavy (non-hydrogen) atoms. The van der Waals surface area contributed by atoms with Crippen molar-refractivity contribution in [3.05, 3.63) is 11.1 Å². The van der Waals surface area contributed by atoms with Crippen molar-refractivity contribution >= 4 is 28.5 Å². The van der Waals surface area contributed by atoms with Crippen LogP contribution in [-0.4, -0.2) is 40.1 Å². The fraction of sp³-hybridized carbons (Fsp3) is 0.583. The number of hydrogen-bond acceptors (Lipinski definition) is 4. The van der Waals surface area contributed by atoms with Gasteiger partial charge in [0.15, 0.2) is 5.13 Å². The van der Waals surface area contributed by atoms with E-state index in [9.17, 15) is 9.59 Å². The molecule has 2 aliphatic rings. The van der Waals surface area contributed by atoms with Gasteiger partial charge >= 0.3 is 12.0 Å². The number of rotatable bonds is 3. The van der Waals surface area contributed by atoms with Crippen LogP contribution in [0.5, 0.6) is 0 Å². The van der Waals surface area contributed by atoms with Gasteiger partial charge in [-0.2, -0.15) is 0 Å². The lowest BCUT2D eigenvalue weighted by atomic mass is 10.1. The van der Waals surface area contributed by atoms with Crippen molar-refractivity contribution in [2.24, 2.45) is 5.92 Å². The molecule has 1 saturated carbocycles. The van der Waals surface area contributed by atoms with Crippen LogP contribution >= 0.6 is 11.3 Å². The highest BCUT2D eigenvalue weighted by Gasteiger charge is 2.31. The molecular weight excluding hydrogens is 266 g/mol. The number of aliphatic carboxylic acids is 1. The predicted molar refractivity (Wildman–Crippen MR) is 70.4 cm³/mol. The standard InChI is InChI=1S/C12H15N3O3S/c16-10(17)8-3-4-15(5-8)12(18)14-11-13-9(6-19-11)7-1-2-7/h6-8H,1-5H2,(H,16,17)(H,13,14,18).